The maximum Gasteiger partial charge on any atom is 0.245 e. The first-order chi connectivity index (χ1) is 16.3. The number of benzene rings is 3. The van der Waals surface area contributed by atoms with E-state index < -0.39 is 9.84 Å². The molecule has 0 unspecified atom stereocenters. The van der Waals surface area contributed by atoms with E-state index in [1.165, 1.54) is 6.26 Å². The third-order valence-corrected chi connectivity index (χ3v) is 6.92. The van der Waals surface area contributed by atoms with Crippen LogP contribution in [0.15, 0.2) is 78.9 Å². The molecular formula is C27H31N3O3S. The van der Waals surface area contributed by atoms with Gasteiger partial charge in [-0.2, -0.15) is 0 Å². The molecular weight excluding hydrogens is 446 g/mol. The van der Waals surface area contributed by atoms with Crippen molar-refractivity contribution in [1.29, 1.82) is 0 Å². The molecule has 4 rings (SSSR count). The molecule has 3 aromatic rings. The number of hydrogen-bond acceptors (Lipinski definition) is 5. The molecule has 0 aromatic heterocycles. The summed E-state index contributed by atoms with van der Waals surface area (Å²) in [6.07, 6.45) is 1.22. The zero-order valence-corrected chi connectivity index (χ0v) is 20.5. The van der Waals surface area contributed by atoms with E-state index in [2.05, 4.69) is 16.8 Å². The molecule has 34 heavy (non-hydrogen) atoms. The van der Waals surface area contributed by atoms with Crippen LogP contribution in [0.4, 0.5) is 11.4 Å². The van der Waals surface area contributed by atoms with Gasteiger partial charge in [0, 0.05) is 38.1 Å². The van der Waals surface area contributed by atoms with Gasteiger partial charge in [0.1, 0.15) is 0 Å². The van der Waals surface area contributed by atoms with E-state index in [0.717, 1.165) is 43.0 Å². The molecule has 0 bridgehead atoms. The predicted octanol–water partition coefficient (Wildman–Crippen LogP) is 3.81. The summed E-state index contributed by atoms with van der Waals surface area (Å²) in [5.41, 5.74) is 4.10. The van der Waals surface area contributed by atoms with Crippen molar-refractivity contribution in [2.45, 2.75) is 5.75 Å². The van der Waals surface area contributed by atoms with Crippen molar-refractivity contribution >= 4 is 27.1 Å². The van der Waals surface area contributed by atoms with Gasteiger partial charge in [-0.15, -0.1) is 0 Å². The fourth-order valence-electron chi connectivity index (χ4n) is 4.25. The summed E-state index contributed by atoms with van der Waals surface area (Å²) >= 11 is 0. The van der Waals surface area contributed by atoms with E-state index >= 15 is 0 Å². The first-order valence-corrected chi connectivity index (χ1v) is 13.5. The second-order valence-electron chi connectivity index (χ2n) is 8.92. The van der Waals surface area contributed by atoms with Gasteiger partial charge in [0.15, 0.2) is 9.84 Å². The highest BCUT2D eigenvalue weighted by Gasteiger charge is 2.25. The Labute approximate surface area is 202 Å². The molecule has 0 N–H and O–H groups in total. The van der Waals surface area contributed by atoms with Crippen LogP contribution in [-0.4, -0.2) is 70.2 Å². The fourth-order valence-corrected chi connectivity index (χ4v) is 5.06. The second kappa shape index (κ2) is 10.5. The Morgan fingerprint density at radius 3 is 2.06 bits per heavy atom. The molecule has 178 valence electrons. The third-order valence-electron chi connectivity index (χ3n) is 6.09. The second-order valence-corrected chi connectivity index (χ2v) is 11.1. The van der Waals surface area contributed by atoms with Gasteiger partial charge in [0.05, 0.1) is 18.0 Å². The lowest BCUT2D eigenvalue weighted by Gasteiger charge is -2.34. The Bertz CT molecular complexity index is 1220. The number of carbonyl (C=O) groups excluding carboxylic acids is 1. The number of para-hydroxylation sites is 1. The Hall–Kier alpha value is -3.00. The lowest BCUT2D eigenvalue weighted by molar-refractivity contribution is -0.119. The van der Waals surface area contributed by atoms with Crippen LogP contribution < -0.4 is 4.90 Å². The van der Waals surface area contributed by atoms with Crippen molar-refractivity contribution < 1.29 is 13.2 Å². The maximum atomic E-state index is 13.7. The van der Waals surface area contributed by atoms with Gasteiger partial charge in [-0.3, -0.25) is 14.6 Å². The minimum absolute atomic E-state index is 0.0713. The van der Waals surface area contributed by atoms with E-state index in [9.17, 15) is 13.2 Å². The Kier molecular flexibility index (Phi) is 7.46. The van der Waals surface area contributed by atoms with E-state index in [4.69, 9.17) is 0 Å². The van der Waals surface area contributed by atoms with Crippen molar-refractivity contribution in [2.24, 2.45) is 0 Å². The number of sulfone groups is 1. The van der Waals surface area contributed by atoms with Crippen LogP contribution in [0.2, 0.25) is 0 Å². The highest BCUT2D eigenvalue weighted by atomic mass is 32.2. The van der Waals surface area contributed by atoms with Gasteiger partial charge in [-0.05, 0) is 41.9 Å². The van der Waals surface area contributed by atoms with E-state index in [1.807, 2.05) is 72.8 Å². The molecule has 1 saturated heterocycles. The number of anilines is 2. The summed E-state index contributed by atoms with van der Waals surface area (Å²) in [4.78, 5) is 19.8. The maximum absolute atomic E-state index is 13.7. The standard InChI is InChI=1S/C27H31N3O3S/c1-28-16-18-29(19-17-28)20-27(31)30(26-11-7-6-10-24(26)21-34(2,32)33)25-14-12-23(13-15-25)22-8-4-3-5-9-22/h3-15H,16-21H2,1-2H3. The Morgan fingerprint density at radius 2 is 1.41 bits per heavy atom. The molecule has 0 aliphatic carbocycles. The summed E-state index contributed by atoms with van der Waals surface area (Å²) in [6.45, 7) is 3.77. The van der Waals surface area contributed by atoms with Crippen LogP contribution in [-0.2, 0) is 20.4 Å². The SMILES string of the molecule is CN1CCN(CC(=O)N(c2ccc(-c3ccccc3)cc2)c2ccccc2CS(C)(=O)=O)CC1. The number of rotatable bonds is 7. The number of likely N-dealkylation sites (N-methyl/N-ethyl adjacent to an activating group) is 1. The number of carbonyl (C=O) groups is 1. The van der Waals surface area contributed by atoms with Crippen LogP contribution in [0.3, 0.4) is 0 Å². The fraction of sp³-hybridized carbons (Fsp3) is 0.296. The van der Waals surface area contributed by atoms with Gasteiger partial charge in [-0.25, -0.2) is 8.42 Å². The van der Waals surface area contributed by atoms with E-state index in [1.54, 1.807) is 11.0 Å². The van der Waals surface area contributed by atoms with Crippen LogP contribution >= 0.6 is 0 Å². The van der Waals surface area contributed by atoms with Gasteiger partial charge in [0.25, 0.3) is 0 Å². The van der Waals surface area contributed by atoms with Gasteiger partial charge in [-0.1, -0.05) is 60.7 Å². The lowest BCUT2D eigenvalue weighted by Crippen LogP contribution is -2.48. The first-order valence-electron chi connectivity index (χ1n) is 11.5. The molecule has 1 aliphatic rings. The molecule has 1 fully saturated rings. The third kappa shape index (κ3) is 6.11. The molecule has 0 saturated carbocycles. The molecule has 1 aliphatic heterocycles. The number of piperazine rings is 1. The molecule has 6 nitrogen and oxygen atoms in total. The minimum Gasteiger partial charge on any atom is -0.304 e. The molecule has 0 atom stereocenters. The van der Waals surface area contributed by atoms with Gasteiger partial charge < -0.3 is 4.90 Å². The Balaban J connectivity index is 1.69. The number of nitrogens with zero attached hydrogens (tertiary/aromatic N) is 3. The highest BCUT2D eigenvalue weighted by molar-refractivity contribution is 7.89. The van der Waals surface area contributed by atoms with Crippen LogP contribution in [0.1, 0.15) is 5.56 Å². The van der Waals surface area contributed by atoms with Crippen LogP contribution in [0.25, 0.3) is 11.1 Å². The lowest BCUT2D eigenvalue weighted by atomic mass is 10.0. The zero-order chi connectivity index (χ0) is 24.1. The summed E-state index contributed by atoms with van der Waals surface area (Å²) in [5.74, 6) is -0.193. The molecule has 7 heteroatoms. The molecule has 1 amide bonds. The normalized spacial score (nSPS) is 15.2. The van der Waals surface area contributed by atoms with Crippen molar-refractivity contribution in [3.05, 3.63) is 84.4 Å². The molecule has 0 radical (unpaired) electrons. The van der Waals surface area contributed by atoms with Crippen LogP contribution in [0, 0.1) is 0 Å². The minimum atomic E-state index is -3.27. The van der Waals surface area contributed by atoms with Crippen molar-refractivity contribution in [2.75, 3.05) is 50.9 Å². The summed E-state index contributed by atoms with van der Waals surface area (Å²) in [7, 11) is -1.19. The predicted molar refractivity (Wildman–Crippen MR) is 138 cm³/mol. The van der Waals surface area contributed by atoms with Crippen molar-refractivity contribution in [3.8, 4) is 11.1 Å². The van der Waals surface area contributed by atoms with Crippen molar-refractivity contribution in [3.63, 3.8) is 0 Å². The Morgan fingerprint density at radius 1 is 0.824 bits per heavy atom. The highest BCUT2D eigenvalue weighted by Crippen LogP contribution is 2.32. The summed E-state index contributed by atoms with van der Waals surface area (Å²) < 4.78 is 24.2. The van der Waals surface area contributed by atoms with Crippen molar-refractivity contribution in [1.82, 2.24) is 9.80 Å². The number of hydrogen-bond donors (Lipinski definition) is 0. The van der Waals surface area contributed by atoms with Gasteiger partial charge in [0.2, 0.25) is 5.91 Å². The van der Waals surface area contributed by atoms with Crippen LogP contribution in [0.5, 0.6) is 0 Å². The summed E-state index contributed by atoms with van der Waals surface area (Å²) in [6, 6.07) is 25.2. The first kappa shape index (κ1) is 24.1. The average molecular weight is 478 g/mol. The smallest absolute Gasteiger partial charge is 0.245 e. The van der Waals surface area contributed by atoms with Gasteiger partial charge >= 0.3 is 0 Å². The quantitative estimate of drug-likeness (QED) is 0.518. The summed E-state index contributed by atoms with van der Waals surface area (Å²) in [5, 5.41) is 0. The van der Waals surface area contributed by atoms with E-state index in [0.29, 0.717) is 11.3 Å². The largest absolute Gasteiger partial charge is 0.304 e. The topological polar surface area (TPSA) is 60.9 Å². The zero-order valence-electron chi connectivity index (χ0n) is 19.7. The molecule has 0 spiro atoms. The number of amides is 1. The van der Waals surface area contributed by atoms with E-state index in [-0.39, 0.29) is 18.2 Å². The molecule has 1 heterocycles. The average Bonchev–Trinajstić information content (AvgIpc) is 2.82. The monoisotopic (exact) mass is 477 g/mol. The molecule has 3 aromatic carbocycles.